The van der Waals surface area contributed by atoms with Crippen molar-refractivity contribution in [2.45, 2.75) is 26.2 Å². The van der Waals surface area contributed by atoms with Gasteiger partial charge in [0.2, 0.25) is 0 Å². The summed E-state index contributed by atoms with van der Waals surface area (Å²) in [4.78, 5) is 13.1. The number of carbonyl (C=O) groups excluding carboxylic acids is 1. The van der Waals surface area contributed by atoms with Crippen molar-refractivity contribution in [3.05, 3.63) is 28.2 Å². The molecule has 17 heavy (non-hydrogen) atoms. The molecule has 0 aliphatic heterocycles. The highest BCUT2D eigenvalue weighted by molar-refractivity contribution is 9.10. The number of nitrogens with zero attached hydrogens (tertiary/aromatic N) is 1. The molecule has 0 atom stereocenters. The van der Waals surface area contributed by atoms with Crippen LogP contribution in [0.5, 0.6) is 0 Å². The lowest BCUT2D eigenvalue weighted by molar-refractivity contribution is 0.112. The fourth-order valence-electron chi connectivity index (χ4n) is 2.24. The molecule has 0 N–H and O–H groups in total. The van der Waals surface area contributed by atoms with Crippen LogP contribution in [0.4, 0.5) is 5.69 Å². The van der Waals surface area contributed by atoms with Gasteiger partial charge in [-0.25, -0.2) is 0 Å². The van der Waals surface area contributed by atoms with Crippen LogP contribution in [-0.4, -0.2) is 19.4 Å². The predicted octanol–water partition coefficient (Wildman–Crippen LogP) is 3.89. The van der Waals surface area contributed by atoms with Gasteiger partial charge in [-0.15, -0.1) is 0 Å². The van der Waals surface area contributed by atoms with Crippen LogP contribution in [0.2, 0.25) is 0 Å². The molecule has 0 amide bonds. The number of hydrogen-bond donors (Lipinski definition) is 0. The zero-order valence-electron chi connectivity index (χ0n) is 10.2. The van der Waals surface area contributed by atoms with Crippen LogP contribution in [-0.2, 0) is 0 Å². The molecular formula is C14H18BrNO. The molecular weight excluding hydrogens is 278 g/mol. The van der Waals surface area contributed by atoms with Crippen molar-refractivity contribution < 1.29 is 4.79 Å². The Balaban J connectivity index is 2.14. The van der Waals surface area contributed by atoms with E-state index in [1.807, 2.05) is 18.2 Å². The lowest BCUT2D eigenvalue weighted by Gasteiger charge is -2.33. The Morgan fingerprint density at radius 1 is 1.47 bits per heavy atom. The lowest BCUT2D eigenvalue weighted by Crippen LogP contribution is -2.32. The summed E-state index contributed by atoms with van der Waals surface area (Å²) in [6.07, 6.45) is 4.99. The molecule has 0 spiro atoms. The van der Waals surface area contributed by atoms with E-state index in [0.29, 0.717) is 0 Å². The summed E-state index contributed by atoms with van der Waals surface area (Å²) in [6, 6.07) is 5.82. The minimum absolute atomic E-state index is 0.723. The monoisotopic (exact) mass is 295 g/mol. The van der Waals surface area contributed by atoms with E-state index in [1.165, 1.54) is 24.9 Å². The molecule has 0 bridgehead atoms. The largest absolute Gasteiger partial charge is 0.371 e. The third-order valence-corrected chi connectivity index (χ3v) is 4.17. The molecule has 92 valence electrons. The number of benzene rings is 1. The second-order valence-electron chi connectivity index (χ2n) is 4.66. The summed E-state index contributed by atoms with van der Waals surface area (Å²) in [5.41, 5.74) is 1.92. The topological polar surface area (TPSA) is 20.3 Å². The van der Waals surface area contributed by atoms with Gasteiger partial charge in [0, 0.05) is 23.1 Å². The van der Waals surface area contributed by atoms with Gasteiger partial charge in [-0.05, 0) is 59.8 Å². The highest BCUT2D eigenvalue weighted by atomic mass is 79.9. The zero-order valence-corrected chi connectivity index (χ0v) is 11.7. The van der Waals surface area contributed by atoms with Crippen molar-refractivity contribution in [2.24, 2.45) is 5.92 Å². The maximum Gasteiger partial charge on any atom is 0.150 e. The number of halogens is 1. The number of aldehydes is 1. The van der Waals surface area contributed by atoms with Crippen molar-refractivity contribution in [1.82, 2.24) is 0 Å². The Morgan fingerprint density at radius 2 is 2.24 bits per heavy atom. The highest BCUT2D eigenvalue weighted by Crippen LogP contribution is 2.32. The van der Waals surface area contributed by atoms with Crippen molar-refractivity contribution in [1.29, 1.82) is 0 Å². The molecule has 0 unspecified atom stereocenters. The molecule has 2 rings (SSSR count). The van der Waals surface area contributed by atoms with Gasteiger partial charge in [0.25, 0.3) is 0 Å². The zero-order chi connectivity index (χ0) is 12.3. The van der Waals surface area contributed by atoms with Crippen LogP contribution in [0, 0.1) is 5.92 Å². The fourth-order valence-corrected chi connectivity index (χ4v) is 2.89. The number of anilines is 1. The van der Waals surface area contributed by atoms with Crippen LogP contribution < -0.4 is 4.90 Å². The van der Waals surface area contributed by atoms with Gasteiger partial charge in [0.05, 0.1) is 5.69 Å². The average Bonchev–Trinajstić information content (AvgIpc) is 2.29. The normalized spacial score (nSPS) is 15.4. The van der Waals surface area contributed by atoms with Crippen LogP contribution in [0.15, 0.2) is 22.7 Å². The average molecular weight is 296 g/mol. The molecule has 1 aromatic carbocycles. The number of carbonyl (C=O) groups is 1. The minimum atomic E-state index is 0.723. The Kier molecular flexibility index (Phi) is 4.21. The minimum Gasteiger partial charge on any atom is -0.371 e. The standard InChI is InChI=1S/C14H18BrNO/c1-2-16(9-11-4-3-5-11)14-7-6-12(10-17)8-13(14)15/h6-8,10-11H,2-5,9H2,1H3. The molecule has 3 heteroatoms. The first-order valence-corrected chi connectivity index (χ1v) is 7.03. The molecule has 1 aromatic rings. The second-order valence-corrected chi connectivity index (χ2v) is 5.52. The maximum absolute atomic E-state index is 10.7. The smallest absolute Gasteiger partial charge is 0.150 e. The van der Waals surface area contributed by atoms with Gasteiger partial charge in [0.15, 0.2) is 0 Å². The second kappa shape index (κ2) is 5.67. The Hall–Kier alpha value is -0.830. The van der Waals surface area contributed by atoms with Crippen LogP contribution in [0.3, 0.4) is 0 Å². The first-order chi connectivity index (χ1) is 8.24. The van der Waals surface area contributed by atoms with Gasteiger partial charge in [0.1, 0.15) is 6.29 Å². The molecule has 0 saturated heterocycles. The van der Waals surface area contributed by atoms with Crippen molar-refractivity contribution in [3.8, 4) is 0 Å². The quantitative estimate of drug-likeness (QED) is 0.768. The van der Waals surface area contributed by atoms with E-state index in [1.54, 1.807) is 0 Å². The summed E-state index contributed by atoms with van der Waals surface area (Å²) in [7, 11) is 0. The first kappa shape index (κ1) is 12.6. The van der Waals surface area contributed by atoms with Crippen molar-refractivity contribution in [2.75, 3.05) is 18.0 Å². The Labute approximate surface area is 111 Å². The van der Waals surface area contributed by atoms with Crippen molar-refractivity contribution >= 4 is 27.9 Å². The molecule has 1 fully saturated rings. The summed E-state index contributed by atoms with van der Waals surface area (Å²) in [5, 5.41) is 0. The molecule has 1 saturated carbocycles. The molecule has 2 nitrogen and oxygen atoms in total. The van der Waals surface area contributed by atoms with E-state index in [-0.39, 0.29) is 0 Å². The van der Waals surface area contributed by atoms with Crippen LogP contribution >= 0.6 is 15.9 Å². The van der Waals surface area contributed by atoms with E-state index < -0.39 is 0 Å². The van der Waals surface area contributed by atoms with E-state index >= 15 is 0 Å². The predicted molar refractivity (Wildman–Crippen MR) is 74.8 cm³/mol. The van der Waals surface area contributed by atoms with Crippen molar-refractivity contribution in [3.63, 3.8) is 0 Å². The molecule has 0 radical (unpaired) electrons. The molecule has 0 aromatic heterocycles. The lowest BCUT2D eigenvalue weighted by atomic mass is 9.85. The SMILES string of the molecule is CCN(CC1CCC1)c1ccc(C=O)cc1Br. The summed E-state index contributed by atoms with van der Waals surface area (Å²) in [6.45, 7) is 4.32. The van der Waals surface area contributed by atoms with Crippen LogP contribution in [0.1, 0.15) is 36.5 Å². The van der Waals surface area contributed by atoms with Gasteiger partial charge in [-0.1, -0.05) is 6.42 Å². The van der Waals surface area contributed by atoms with Gasteiger partial charge in [-0.2, -0.15) is 0 Å². The van der Waals surface area contributed by atoms with E-state index in [9.17, 15) is 4.79 Å². The highest BCUT2D eigenvalue weighted by Gasteiger charge is 2.21. The molecule has 1 aliphatic carbocycles. The van der Waals surface area contributed by atoms with Gasteiger partial charge < -0.3 is 4.90 Å². The molecule has 0 heterocycles. The van der Waals surface area contributed by atoms with Gasteiger partial charge >= 0.3 is 0 Å². The maximum atomic E-state index is 10.7. The fraction of sp³-hybridized carbons (Fsp3) is 0.500. The van der Waals surface area contributed by atoms with Crippen LogP contribution in [0.25, 0.3) is 0 Å². The number of rotatable bonds is 5. The Morgan fingerprint density at radius 3 is 2.71 bits per heavy atom. The van der Waals surface area contributed by atoms with E-state index in [0.717, 1.165) is 35.3 Å². The summed E-state index contributed by atoms with van der Waals surface area (Å²) in [5.74, 6) is 0.854. The molecule has 1 aliphatic rings. The van der Waals surface area contributed by atoms with E-state index in [4.69, 9.17) is 0 Å². The number of hydrogen-bond acceptors (Lipinski definition) is 2. The third kappa shape index (κ3) is 2.89. The van der Waals surface area contributed by atoms with Gasteiger partial charge in [-0.3, -0.25) is 4.79 Å². The first-order valence-electron chi connectivity index (χ1n) is 6.24. The summed E-state index contributed by atoms with van der Waals surface area (Å²) < 4.78 is 1.02. The third-order valence-electron chi connectivity index (χ3n) is 3.53. The Bertz CT molecular complexity index is 401. The summed E-state index contributed by atoms with van der Waals surface area (Å²) >= 11 is 3.56. The van der Waals surface area contributed by atoms with E-state index in [2.05, 4.69) is 27.8 Å².